The maximum absolute atomic E-state index is 5.80. The molecule has 1 aromatic carbocycles. The lowest BCUT2D eigenvalue weighted by Gasteiger charge is -2.29. The van der Waals surface area contributed by atoms with Crippen LogP contribution in [0.4, 0.5) is 0 Å². The summed E-state index contributed by atoms with van der Waals surface area (Å²) in [4.78, 5) is 2.55. The van der Waals surface area contributed by atoms with Crippen molar-refractivity contribution in [3.8, 4) is 5.75 Å². The lowest BCUT2D eigenvalue weighted by molar-refractivity contribution is 0.230. The highest BCUT2D eigenvalue weighted by Crippen LogP contribution is 2.34. The molecule has 0 spiro atoms. The molecule has 3 heteroatoms. The minimum absolute atomic E-state index is 0.410. The van der Waals surface area contributed by atoms with Gasteiger partial charge in [-0.1, -0.05) is 17.7 Å². The van der Waals surface area contributed by atoms with Crippen molar-refractivity contribution in [2.75, 3.05) is 26.7 Å². The van der Waals surface area contributed by atoms with E-state index < -0.39 is 0 Å². The highest BCUT2D eigenvalue weighted by Gasteiger charge is 2.25. The summed E-state index contributed by atoms with van der Waals surface area (Å²) in [5, 5.41) is 0. The fourth-order valence-electron chi connectivity index (χ4n) is 2.86. The molecule has 0 radical (unpaired) electrons. The normalized spacial score (nSPS) is 17.9. The molecular weight excluding hydrogens is 224 g/mol. The number of rotatable bonds is 5. The summed E-state index contributed by atoms with van der Waals surface area (Å²) in [7, 11) is 1.75. The van der Waals surface area contributed by atoms with Crippen LogP contribution in [0, 0.1) is 6.92 Å². The van der Waals surface area contributed by atoms with Gasteiger partial charge in [-0.25, -0.2) is 0 Å². The fraction of sp³-hybridized carbons (Fsp3) is 0.600. The van der Waals surface area contributed by atoms with Gasteiger partial charge in [0.1, 0.15) is 5.75 Å². The lowest BCUT2D eigenvalue weighted by atomic mass is 9.99. The standard InChI is InChI=1S/C15H24N2O/c1-12-5-6-15(18-2)13(11-12)14(7-8-16)17-9-3-4-10-17/h5-6,11,14H,3-4,7-10,16H2,1-2H3. The van der Waals surface area contributed by atoms with Crippen molar-refractivity contribution in [2.45, 2.75) is 32.2 Å². The van der Waals surface area contributed by atoms with Gasteiger partial charge in [0.25, 0.3) is 0 Å². The molecular formula is C15H24N2O. The molecule has 1 aliphatic heterocycles. The average Bonchev–Trinajstić information content (AvgIpc) is 2.89. The van der Waals surface area contributed by atoms with Crippen LogP contribution in [-0.4, -0.2) is 31.6 Å². The van der Waals surface area contributed by atoms with Crippen LogP contribution in [0.1, 0.15) is 36.4 Å². The number of hydrogen-bond donors (Lipinski definition) is 1. The second-order valence-corrected chi connectivity index (χ2v) is 5.08. The van der Waals surface area contributed by atoms with Crippen molar-refractivity contribution in [3.63, 3.8) is 0 Å². The molecule has 2 rings (SSSR count). The number of aryl methyl sites for hydroxylation is 1. The van der Waals surface area contributed by atoms with Crippen molar-refractivity contribution in [1.29, 1.82) is 0 Å². The van der Waals surface area contributed by atoms with Crippen LogP contribution in [-0.2, 0) is 0 Å². The Labute approximate surface area is 110 Å². The Morgan fingerprint density at radius 3 is 2.67 bits per heavy atom. The third-order valence-corrected chi connectivity index (χ3v) is 3.77. The molecule has 3 nitrogen and oxygen atoms in total. The molecule has 0 aliphatic carbocycles. The Morgan fingerprint density at radius 1 is 1.33 bits per heavy atom. The first-order chi connectivity index (χ1) is 8.76. The minimum atomic E-state index is 0.410. The first-order valence-corrected chi connectivity index (χ1v) is 6.85. The van der Waals surface area contributed by atoms with Gasteiger partial charge < -0.3 is 10.5 Å². The molecule has 1 aromatic rings. The molecule has 0 saturated carbocycles. The maximum Gasteiger partial charge on any atom is 0.123 e. The quantitative estimate of drug-likeness (QED) is 0.870. The molecule has 1 aliphatic rings. The summed E-state index contributed by atoms with van der Waals surface area (Å²) in [5.41, 5.74) is 8.38. The van der Waals surface area contributed by atoms with Crippen molar-refractivity contribution >= 4 is 0 Å². The summed E-state index contributed by atoms with van der Waals surface area (Å²) < 4.78 is 5.52. The van der Waals surface area contributed by atoms with Crippen molar-refractivity contribution < 1.29 is 4.74 Å². The molecule has 1 heterocycles. The molecule has 1 atom stereocenters. The molecule has 18 heavy (non-hydrogen) atoms. The monoisotopic (exact) mass is 248 g/mol. The van der Waals surface area contributed by atoms with Gasteiger partial charge in [0.05, 0.1) is 7.11 Å². The van der Waals surface area contributed by atoms with Crippen LogP contribution in [0.5, 0.6) is 5.75 Å². The number of methoxy groups -OCH3 is 1. The van der Waals surface area contributed by atoms with Crippen LogP contribution in [0.25, 0.3) is 0 Å². The smallest absolute Gasteiger partial charge is 0.123 e. The SMILES string of the molecule is COc1ccc(C)cc1C(CCN)N1CCCC1. The number of hydrogen-bond acceptors (Lipinski definition) is 3. The highest BCUT2D eigenvalue weighted by atomic mass is 16.5. The topological polar surface area (TPSA) is 38.5 Å². The Morgan fingerprint density at radius 2 is 2.06 bits per heavy atom. The summed E-state index contributed by atoms with van der Waals surface area (Å²) in [6.07, 6.45) is 3.60. The van der Waals surface area contributed by atoms with Gasteiger partial charge in [0.15, 0.2) is 0 Å². The van der Waals surface area contributed by atoms with E-state index >= 15 is 0 Å². The van der Waals surface area contributed by atoms with Gasteiger partial charge in [-0.15, -0.1) is 0 Å². The van der Waals surface area contributed by atoms with Crippen molar-refractivity contribution in [1.82, 2.24) is 4.90 Å². The van der Waals surface area contributed by atoms with E-state index in [1.165, 1.54) is 37.1 Å². The molecule has 2 N–H and O–H groups in total. The Bertz CT molecular complexity index is 386. The molecule has 1 saturated heterocycles. The van der Waals surface area contributed by atoms with Crippen LogP contribution >= 0.6 is 0 Å². The summed E-state index contributed by atoms with van der Waals surface area (Å²) in [6, 6.07) is 6.83. The molecule has 1 fully saturated rings. The predicted molar refractivity (Wildman–Crippen MR) is 75.0 cm³/mol. The Kier molecular flexibility index (Phi) is 4.61. The van der Waals surface area contributed by atoms with E-state index in [4.69, 9.17) is 10.5 Å². The van der Waals surface area contributed by atoms with Crippen LogP contribution in [0.3, 0.4) is 0 Å². The van der Waals surface area contributed by atoms with E-state index in [-0.39, 0.29) is 0 Å². The van der Waals surface area contributed by atoms with Gasteiger partial charge in [0, 0.05) is 11.6 Å². The number of likely N-dealkylation sites (tertiary alicyclic amines) is 1. The van der Waals surface area contributed by atoms with E-state index in [0.717, 1.165) is 18.7 Å². The second-order valence-electron chi connectivity index (χ2n) is 5.08. The third kappa shape index (κ3) is 2.85. The van der Waals surface area contributed by atoms with Crippen LogP contribution in [0.15, 0.2) is 18.2 Å². The van der Waals surface area contributed by atoms with Gasteiger partial charge in [-0.3, -0.25) is 4.90 Å². The Balaban J connectivity index is 2.31. The van der Waals surface area contributed by atoms with Crippen LogP contribution < -0.4 is 10.5 Å². The van der Waals surface area contributed by atoms with E-state index in [1.54, 1.807) is 7.11 Å². The number of ether oxygens (including phenoxy) is 1. The summed E-state index contributed by atoms with van der Waals surface area (Å²) >= 11 is 0. The number of nitrogens with two attached hydrogens (primary N) is 1. The zero-order valence-electron chi connectivity index (χ0n) is 11.5. The summed E-state index contributed by atoms with van der Waals surface area (Å²) in [6.45, 7) is 5.22. The molecule has 0 amide bonds. The Hall–Kier alpha value is -1.06. The average molecular weight is 248 g/mol. The van der Waals surface area contributed by atoms with E-state index in [2.05, 4.69) is 30.0 Å². The highest BCUT2D eigenvalue weighted by molar-refractivity contribution is 5.39. The zero-order valence-corrected chi connectivity index (χ0v) is 11.5. The maximum atomic E-state index is 5.80. The first kappa shape index (κ1) is 13.4. The fourth-order valence-corrected chi connectivity index (χ4v) is 2.86. The zero-order chi connectivity index (χ0) is 13.0. The van der Waals surface area contributed by atoms with Gasteiger partial charge in [-0.05, 0) is 51.9 Å². The molecule has 1 unspecified atom stereocenters. The predicted octanol–water partition coefficient (Wildman–Crippen LogP) is 2.49. The number of benzene rings is 1. The first-order valence-electron chi connectivity index (χ1n) is 6.85. The largest absolute Gasteiger partial charge is 0.496 e. The second kappa shape index (κ2) is 6.21. The van der Waals surface area contributed by atoms with Crippen molar-refractivity contribution in [2.24, 2.45) is 5.73 Å². The van der Waals surface area contributed by atoms with Gasteiger partial charge >= 0.3 is 0 Å². The van der Waals surface area contributed by atoms with E-state index in [9.17, 15) is 0 Å². The summed E-state index contributed by atoms with van der Waals surface area (Å²) in [5.74, 6) is 0.992. The van der Waals surface area contributed by atoms with Crippen LogP contribution in [0.2, 0.25) is 0 Å². The van der Waals surface area contributed by atoms with Crippen molar-refractivity contribution in [3.05, 3.63) is 29.3 Å². The van der Waals surface area contributed by atoms with E-state index in [0.29, 0.717) is 6.04 Å². The van der Waals surface area contributed by atoms with Gasteiger partial charge in [-0.2, -0.15) is 0 Å². The molecule has 100 valence electrons. The molecule has 0 bridgehead atoms. The van der Waals surface area contributed by atoms with E-state index in [1.807, 2.05) is 0 Å². The van der Waals surface area contributed by atoms with Gasteiger partial charge in [0.2, 0.25) is 0 Å². The molecule has 0 aromatic heterocycles. The lowest BCUT2D eigenvalue weighted by Crippen LogP contribution is -2.28. The minimum Gasteiger partial charge on any atom is -0.496 e. The third-order valence-electron chi connectivity index (χ3n) is 3.77. The number of nitrogens with zero attached hydrogens (tertiary/aromatic N) is 1.